The summed E-state index contributed by atoms with van der Waals surface area (Å²) in [6.07, 6.45) is -10.2. The van der Waals surface area contributed by atoms with Crippen LogP contribution in [0.25, 0.3) is 22.2 Å². The lowest BCUT2D eigenvalue weighted by molar-refractivity contribution is -0.167. The van der Waals surface area contributed by atoms with E-state index in [1.807, 2.05) is 0 Å². The molecule has 0 aromatic carbocycles. The van der Waals surface area contributed by atoms with E-state index >= 15 is 0 Å². The first kappa shape index (κ1) is 31.2. The number of aromatic amines is 1. The van der Waals surface area contributed by atoms with Crippen molar-refractivity contribution >= 4 is 49.4 Å². The minimum absolute atomic E-state index is 0.00806. The number of fused-ring (bicyclic) bond motifs is 5. The zero-order chi connectivity index (χ0) is 32.7. The van der Waals surface area contributed by atoms with Crippen molar-refractivity contribution in [1.82, 2.24) is 34.1 Å². The first-order chi connectivity index (χ1) is 21.7. The molecule has 7 heterocycles. The molecular weight excluding hydrogens is 660 g/mol. The highest BCUT2D eigenvalue weighted by Crippen LogP contribution is 2.53. The van der Waals surface area contributed by atoms with Crippen molar-refractivity contribution < 1.29 is 56.9 Å². The molecule has 0 amide bonds. The minimum atomic E-state index is -5.08. The Kier molecular flexibility index (Phi) is 7.55. The van der Waals surface area contributed by atoms with Crippen molar-refractivity contribution in [3.8, 4) is 0 Å². The molecule has 248 valence electrons. The second-order valence-corrected chi connectivity index (χ2v) is 13.9. The first-order valence-electron chi connectivity index (χ1n) is 13.5. The summed E-state index contributed by atoms with van der Waals surface area (Å²) in [7, 11) is -9.91. The molecule has 3 fully saturated rings. The van der Waals surface area contributed by atoms with Crippen molar-refractivity contribution in [1.29, 1.82) is 0 Å². The van der Waals surface area contributed by atoms with Crippen LogP contribution in [0.3, 0.4) is 0 Å². The molecule has 10 atom stereocenters. The molecule has 3 aliphatic rings. The zero-order valence-corrected chi connectivity index (χ0v) is 25.2. The number of hydrogen-bond donors (Lipinski definition) is 7. The lowest BCUT2D eigenvalue weighted by Crippen LogP contribution is -2.35. The van der Waals surface area contributed by atoms with E-state index in [9.17, 15) is 33.9 Å². The molecule has 4 aromatic rings. The monoisotopic (exact) mass is 687 g/mol. The molecule has 22 nitrogen and oxygen atoms in total. The average Bonchev–Trinajstić information content (AvgIpc) is 3.71. The van der Waals surface area contributed by atoms with Crippen LogP contribution >= 0.6 is 15.4 Å². The van der Waals surface area contributed by atoms with E-state index in [0.717, 1.165) is 6.33 Å². The van der Waals surface area contributed by atoms with Crippen LogP contribution in [0.2, 0.25) is 0 Å². The van der Waals surface area contributed by atoms with Crippen LogP contribution in [-0.2, 0) is 36.9 Å². The highest BCUT2D eigenvalue weighted by Gasteiger charge is 2.54. The molecule has 0 radical (unpaired) electrons. The van der Waals surface area contributed by atoms with Gasteiger partial charge in [0.15, 0.2) is 48.3 Å². The number of nitrogens with one attached hydrogen (secondary N) is 1. The Hall–Kier alpha value is -3.37. The molecule has 3 aliphatic heterocycles. The lowest BCUT2D eigenvalue weighted by atomic mass is 10.1. The van der Waals surface area contributed by atoms with Crippen LogP contribution in [0.4, 0.5) is 11.8 Å². The van der Waals surface area contributed by atoms with E-state index in [-0.39, 0.29) is 34.0 Å². The fourth-order valence-corrected chi connectivity index (χ4v) is 7.57. The van der Waals surface area contributed by atoms with Gasteiger partial charge in [0, 0.05) is 6.20 Å². The number of imidazole rings is 1. The summed E-state index contributed by atoms with van der Waals surface area (Å²) in [6, 6.07) is 0. The number of hydrogen-bond acceptors (Lipinski definition) is 17. The quantitative estimate of drug-likeness (QED) is 0.119. The normalized spacial score (nSPS) is 37.2. The molecule has 0 spiro atoms. The molecule has 0 saturated carbocycles. The number of aromatic nitrogens is 7. The number of H-pyrrole nitrogens is 1. The molecule has 24 heteroatoms. The fraction of sp³-hybridized carbons (Fsp3) is 0.500. The Labute approximate surface area is 255 Å². The Balaban J connectivity index is 1.22. The summed E-state index contributed by atoms with van der Waals surface area (Å²) < 4.78 is 61.9. The van der Waals surface area contributed by atoms with Gasteiger partial charge in [0.2, 0.25) is 5.95 Å². The van der Waals surface area contributed by atoms with Crippen LogP contribution in [0.15, 0.2) is 23.6 Å². The number of phosphoric ester groups is 1. The number of nitrogens with zero attached hydrogens (tertiary/aromatic N) is 6. The minimum Gasteiger partial charge on any atom is -0.387 e. The van der Waals surface area contributed by atoms with Gasteiger partial charge in [-0.2, -0.15) is 4.98 Å². The maximum Gasteiger partial charge on any atom is 0.472 e. The van der Waals surface area contributed by atoms with E-state index < -0.39 is 83.2 Å². The Morgan fingerprint density at radius 1 is 1.00 bits per heavy atom. The van der Waals surface area contributed by atoms with E-state index in [2.05, 4.69) is 24.9 Å². The highest BCUT2D eigenvalue weighted by molar-refractivity contribution is 7.52. The van der Waals surface area contributed by atoms with Crippen LogP contribution in [0.1, 0.15) is 18.0 Å². The second-order valence-electron chi connectivity index (χ2n) is 10.7. The van der Waals surface area contributed by atoms with E-state index in [4.69, 9.17) is 39.2 Å². The molecule has 46 heavy (non-hydrogen) atoms. The summed E-state index contributed by atoms with van der Waals surface area (Å²) in [6.45, 7) is 0.800. The van der Waals surface area contributed by atoms with Crippen molar-refractivity contribution in [2.75, 3.05) is 24.4 Å². The van der Waals surface area contributed by atoms with Gasteiger partial charge >= 0.3 is 15.4 Å². The van der Waals surface area contributed by atoms with Gasteiger partial charge in [-0.25, -0.2) is 19.5 Å². The predicted octanol–water partition coefficient (Wildman–Crippen LogP) is -1.43. The topological polar surface area (TPSA) is 317 Å². The summed E-state index contributed by atoms with van der Waals surface area (Å²) in [5, 5.41) is 22.4. The van der Waals surface area contributed by atoms with Gasteiger partial charge < -0.3 is 50.2 Å². The molecule has 3 saturated heterocycles. The summed E-state index contributed by atoms with van der Waals surface area (Å²) in [5.74, 6) is -0.204. The summed E-state index contributed by atoms with van der Waals surface area (Å²) in [4.78, 5) is 52.6. The van der Waals surface area contributed by atoms with Gasteiger partial charge in [0.1, 0.15) is 36.3 Å². The summed E-state index contributed by atoms with van der Waals surface area (Å²) in [5.41, 5.74) is 11.7. The van der Waals surface area contributed by atoms with Gasteiger partial charge in [-0.15, -0.1) is 0 Å². The number of aliphatic hydroxyl groups excluding tert-OH is 2. The number of phosphoric acid groups is 1. The molecule has 2 unspecified atom stereocenters. The van der Waals surface area contributed by atoms with Crippen LogP contribution in [0.5, 0.6) is 0 Å². The number of aryl methyl sites for hydroxylation is 1. The van der Waals surface area contributed by atoms with Gasteiger partial charge in [-0.1, -0.05) is 0 Å². The Bertz CT molecular complexity index is 1990. The standard InChI is InChI=1S/C22H27N9O13P2/c1-7-2-30(16-9(7)18(34)29-22(24)28-16)20-13-11(32)8(41-20)3-40-46(37,38)44-14-12(33)19(42-21(14)39-6-45(35,36)43-13)31-5-27-10-15(23)25-4-26-17(10)31/h2,4-5,8,11-14,19-21,32-33H,3,6H2,1H3,(H,35,36)(H,37,38)(H2,23,25,26)(H3,24,28,29,34)/t8-,11-,12-,13-,14+,19-,20-,21+/m1/s1. The number of ether oxygens (including phenoxy) is 3. The van der Waals surface area contributed by atoms with Crippen molar-refractivity contribution in [2.45, 2.75) is 56.2 Å². The third kappa shape index (κ3) is 5.31. The van der Waals surface area contributed by atoms with Crippen molar-refractivity contribution in [3.05, 3.63) is 34.8 Å². The van der Waals surface area contributed by atoms with Gasteiger partial charge in [-0.05, 0) is 12.5 Å². The number of aliphatic hydroxyl groups is 2. The smallest absolute Gasteiger partial charge is 0.387 e. The van der Waals surface area contributed by atoms with Gasteiger partial charge in [0.25, 0.3) is 5.56 Å². The van der Waals surface area contributed by atoms with Crippen molar-refractivity contribution in [3.63, 3.8) is 0 Å². The predicted molar refractivity (Wildman–Crippen MR) is 150 cm³/mol. The van der Waals surface area contributed by atoms with Gasteiger partial charge in [-0.3, -0.25) is 32.5 Å². The third-order valence-electron chi connectivity index (χ3n) is 7.65. The molecule has 0 aliphatic carbocycles. The third-order valence-corrected chi connectivity index (χ3v) is 9.69. The summed E-state index contributed by atoms with van der Waals surface area (Å²) >= 11 is 0. The fourth-order valence-electron chi connectivity index (χ4n) is 5.63. The average molecular weight is 687 g/mol. The lowest BCUT2D eigenvalue weighted by Gasteiger charge is -2.26. The second kappa shape index (κ2) is 11.1. The highest BCUT2D eigenvalue weighted by atomic mass is 31.2. The number of nitrogens with two attached hydrogens (primary N) is 2. The van der Waals surface area contributed by atoms with Crippen LogP contribution in [0, 0.1) is 6.92 Å². The molecule has 9 N–H and O–H groups in total. The van der Waals surface area contributed by atoms with Crippen molar-refractivity contribution in [2.24, 2.45) is 0 Å². The first-order valence-corrected chi connectivity index (χ1v) is 16.7. The number of anilines is 2. The number of nitrogen functional groups attached to an aromatic ring is 2. The molecule has 2 bridgehead atoms. The number of rotatable bonds is 2. The zero-order valence-electron chi connectivity index (χ0n) is 23.5. The van der Waals surface area contributed by atoms with Crippen LogP contribution in [-0.4, -0.2) is 104 Å². The van der Waals surface area contributed by atoms with Crippen LogP contribution < -0.4 is 17.0 Å². The molecular formula is C22H27N9O13P2. The Morgan fingerprint density at radius 2 is 1.78 bits per heavy atom. The molecule has 7 rings (SSSR count). The largest absolute Gasteiger partial charge is 0.472 e. The SMILES string of the molecule is Cc1cn([C@@H]2O[C@@H]3COP(=O)(O)O[C@@H]4[C@@H](OCP(=O)(O)O[C@@H]2[C@@H]3O)O[C@@H](n2cnc3c(N)ncnc32)[C@@H]4O)c2nc(N)[nH]c(=O)c12. The van der Waals surface area contributed by atoms with Gasteiger partial charge in [0.05, 0.1) is 18.3 Å². The van der Waals surface area contributed by atoms with E-state index in [1.165, 1.54) is 21.7 Å². The maximum absolute atomic E-state index is 13.4. The molecule has 4 aromatic heterocycles. The van der Waals surface area contributed by atoms with E-state index in [0.29, 0.717) is 5.56 Å². The Morgan fingerprint density at radius 3 is 2.57 bits per heavy atom. The maximum atomic E-state index is 13.4. The van der Waals surface area contributed by atoms with E-state index in [1.54, 1.807) is 6.92 Å².